The molecule has 0 unspecified atom stereocenters. The number of esters is 4. The number of fused-ring (bicyclic) bond motifs is 8. The van der Waals surface area contributed by atoms with Crippen LogP contribution in [0.5, 0.6) is 34.5 Å². The first kappa shape index (κ1) is 73.0. The Morgan fingerprint density at radius 1 is 0.365 bits per heavy atom. The van der Waals surface area contributed by atoms with Gasteiger partial charge in [0, 0.05) is 48.9 Å². The van der Waals surface area contributed by atoms with Gasteiger partial charge in [-0.2, -0.15) is 0 Å². The van der Waals surface area contributed by atoms with Gasteiger partial charge in [-0.1, -0.05) is 132 Å². The second-order valence-corrected chi connectivity index (χ2v) is 27.3. The molecule has 512 valence electrons. The van der Waals surface area contributed by atoms with Gasteiger partial charge in [0.1, 0.15) is 36.2 Å². The number of carbonyl (C=O) groups excluding carboxylic acids is 4. The van der Waals surface area contributed by atoms with Crippen molar-refractivity contribution in [1.82, 2.24) is 0 Å². The van der Waals surface area contributed by atoms with Crippen molar-refractivity contribution in [2.45, 2.75) is 157 Å². The lowest BCUT2D eigenvalue weighted by atomic mass is 9.79. The van der Waals surface area contributed by atoms with E-state index >= 15 is 0 Å². The predicted octanol–water partition coefficient (Wildman–Crippen LogP) is 12.7. The average Bonchev–Trinajstić information content (AvgIpc) is 0.764. The lowest BCUT2D eigenvalue weighted by Gasteiger charge is -2.29. The van der Waals surface area contributed by atoms with Gasteiger partial charge >= 0.3 is 35.3 Å². The second-order valence-electron chi connectivity index (χ2n) is 27.3. The summed E-state index contributed by atoms with van der Waals surface area (Å²) in [6.45, 7) is 23.1. The number of benzene rings is 6. The van der Waals surface area contributed by atoms with E-state index < -0.39 is 150 Å². The fraction of sp³-hybridized carbons (Fsp3) is 0.429. The van der Waals surface area contributed by atoms with E-state index in [-0.39, 0.29) is 61.9 Å². The van der Waals surface area contributed by atoms with Gasteiger partial charge < -0.3 is 48.1 Å². The van der Waals surface area contributed by atoms with Crippen molar-refractivity contribution in [2.24, 2.45) is 0 Å². The molecule has 0 saturated heterocycles. The van der Waals surface area contributed by atoms with Gasteiger partial charge in [-0.25, -0.2) is 19.2 Å². The summed E-state index contributed by atoms with van der Waals surface area (Å²) >= 11 is 0. The van der Waals surface area contributed by atoms with Crippen LogP contribution in [0.2, 0.25) is 0 Å². The fourth-order valence-electron chi connectivity index (χ4n) is 10.7. The molecule has 26 nitrogen and oxygen atoms in total. The van der Waals surface area contributed by atoms with Gasteiger partial charge in [0.2, 0.25) is 11.5 Å². The Kier molecular flexibility index (Phi) is 22.4. The number of hydrogen-bond acceptors (Lipinski definition) is 22. The molecule has 1 aliphatic rings. The Balaban J connectivity index is 1.53. The SMILES string of the molecule is CCOC(=O)COc1c2cc(C(C)(C)C)cc1Cc1cc(C(C)(C)C)cc(c1OCC(=O)OCc1cc([N+](=O)[O-])cc([N+](=O)[O-])c1O)Cc1cc(C(C)(C)C)cc(c1OCC(=O)OCC)Cc1cc(C(C)(C)C)cc(c1OCC(=O)OCc1cc([N+](=O)[O-])cc([N+](=O)[O-])c1O)C2. The number of non-ortho nitro benzene ring substituents is 2. The van der Waals surface area contributed by atoms with E-state index in [1.54, 1.807) is 13.8 Å². The lowest BCUT2D eigenvalue weighted by molar-refractivity contribution is -0.395. The molecule has 0 aliphatic heterocycles. The van der Waals surface area contributed by atoms with Crippen LogP contribution < -0.4 is 18.9 Å². The summed E-state index contributed by atoms with van der Waals surface area (Å²) in [5.41, 5.74) is 0.748. The molecule has 0 atom stereocenters. The lowest BCUT2D eigenvalue weighted by Crippen LogP contribution is -2.21. The maximum absolute atomic E-state index is 14.1. The highest BCUT2D eigenvalue weighted by atomic mass is 16.6. The van der Waals surface area contributed by atoms with Crippen molar-refractivity contribution in [1.29, 1.82) is 0 Å². The van der Waals surface area contributed by atoms with Crippen LogP contribution in [0.25, 0.3) is 0 Å². The molecule has 7 rings (SSSR count). The molecule has 0 heterocycles. The van der Waals surface area contributed by atoms with Gasteiger partial charge in [-0.15, -0.1) is 0 Å². The summed E-state index contributed by atoms with van der Waals surface area (Å²) in [5, 5.41) is 68.9. The van der Waals surface area contributed by atoms with E-state index in [1.165, 1.54) is 0 Å². The van der Waals surface area contributed by atoms with Crippen molar-refractivity contribution in [3.05, 3.63) is 191 Å². The number of phenolic OH excluding ortho intramolecular Hbond substituents is 2. The second kappa shape index (κ2) is 29.5. The summed E-state index contributed by atoms with van der Waals surface area (Å²) in [5.74, 6) is -4.48. The van der Waals surface area contributed by atoms with E-state index in [1.807, 2.05) is 132 Å². The largest absolute Gasteiger partial charge is 0.502 e. The number of nitro benzene ring substituents is 4. The molecule has 6 aromatic rings. The van der Waals surface area contributed by atoms with Gasteiger partial charge in [0.15, 0.2) is 26.4 Å². The van der Waals surface area contributed by atoms with Crippen molar-refractivity contribution in [2.75, 3.05) is 39.6 Å². The first-order valence-electron chi connectivity index (χ1n) is 30.9. The van der Waals surface area contributed by atoms with E-state index in [9.17, 15) is 69.8 Å². The number of ether oxygens (including phenoxy) is 8. The summed E-state index contributed by atoms with van der Waals surface area (Å²) in [7, 11) is 0. The smallest absolute Gasteiger partial charge is 0.344 e. The summed E-state index contributed by atoms with van der Waals surface area (Å²) < 4.78 is 48.5. The Morgan fingerprint density at radius 3 is 0.771 bits per heavy atom. The summed E-state index contributed by atoms with van der Waals surface area (Å²) in [6, 6.07) is 18.3. The zero-order valence-corrected chi connectivity index (χ0v) is 56.3. The Morgan fingerprint density at radius 2 is 0.583 bits per heavy atom. The molecular formula is C70H80N4O22. The minimum Gasteiger partial charge on any atom is -0.502 e. The Labute approximate surface area is 554 Å². The zero-order chi connectivity index (χ0) is 71.1. The molecule has 0 radical (unpaired) electrons. The number of aromatic hydroxyl groups is 2. The molecule has 0 amide bonds. The Hall–Kier alpha value is -10.4. The molecule has 0 fully saturated rings. The van der Waals surface area contributed by atoms with E-state index in [4.69, 9.17) is 37.9 Å². The molecule has 8 bridgehead atoms. The quantitative estimate of drug-likeness (QED) is 0.0275. The fourth-order valence-corrected chi connectivity index (χ4v) is 10.7. The Bertz CT molecular complexity index is 3700. The molecule has 0 spiro atoms. The van der Waals surface area contributed by atoms with E-state index in [0.717, 1.165) is 34.4 Å². The number of nitro groups is 4. The number of hydrogen-bond donors (Lipinski definition) is 2. The van der Waals surface area contributed by atoms with E-state index in [2.05, 4.69) is 0 Å². The van der Waals surface area contributed by atoms with Crippen LogP contribution in [0.4, 0.5) is 22.7 Å². The van der Waals surface area contributed by atoms with Crippen LogP contribution in [-0.4, -0.2) is 93.4 Å². The zero-order valence-electron chi connectivity index (χ0n) is 56.3. The van der Waals surface area contributed by atoms with Crippen molar-refractivity contribution in [3.8, 4) is 34.5 Å². The number of nitrogens with zero attached hydrogens (tertiary/aromatic N) is 4. The third-order valence-corrected chi connectivity index (χ3v) is 15.8. The highest BCUT2D eigenvalue weighted by Gasteiger charge is 2.33. The number of phenols is 2. The van der Waals surface area contributed by atoms with Crippen LogP contribution in [0.15, 0.2) is 72.8 Å². The van der Waals surface area contributed by atoms with Crippen molar-refractivity contribution >= 4 is 46.6 Å². The first-order chi connectivity index (χ1) is 44.8. The monoisotopic (exact) mass is 1330 g/mol. The van der Waals surface area contributed by atoms with Crippen molar-refractivity contribution in [3.63, 3.8) is 0 Å². The minimum atomic E-state index is -1.04. The van der Waals surface area contributed by atoms with Gasteiger partial charge in [0.05, 0.1) is 45.0 Å². The highest BCUT2D eigenvalue weighted by molar-refractivity contribution is 5.74. The standard InChI is InChI=1S/C70H80N4O22/c1-15-89-57(75)35-93-63-39-17-43-25-51(69(9,10)11)27-45(65(43)95-37-59(77)91-33-47-29-53(71(81)82)31-55(61(47)79)73(85)86)19-41-23-50(68(6,7)8)24-42(64(41)94-36-58(76)90-16-2)20-46-28-52(70(12,13)14)26-44(18-40(63)22-49(21-39)67(3,4)5)66(46)96-38-60(78)92-34-48-30-54(72(83)84)32-56(62(48)80)74(87)88/h21-32,79-80H,15-20,33-38H2,1-14H3. The third kappa shape index (κ3) is 18.1. The topological polar surface area (TPSA) is 355 Å². The number of carbonyl (C=O) groups is 4. The summed E-state index contributed by atoms with van der Waals surface area (Å²) in [4.78, 5) is 98.6. The van der Waals surface area contributed by atoms with Crippen LogP contribution in [-0.2, 0) is 98.7 Å². The molecular weight excluding hydrogens is 1250 g/mol. The third-order valence-electron chi connectivity index (χ3n) is 15.8. The summed E-state index contributed by atoms with van der Waals surface area (Å²) in [6.07, 6.45) is -0.0839. The molecule has 6 aromatic carbocycles. The predicted molar refractivity (Wildman–Crippen MR) is 349 cm³/mol. The maximum Gasteiger partial charge on any atom is 0.344 e. The van der Waals surface area contributed by atoms with E-state index in [0.29, 0.717) is 56.6 Å². The average molecular weight is 1330 g/mol. The maximum atomic E-state index is 14.1. The highest BCUT2D eigenvalue weighted by Crippen LogP contribution is 2.45. The molecule has 26 heteroatoms. The molecule has 0 aromatic heterocycles. The minimum absolute atomic E-state index is 0.0210. The van der Waals surface area contributed by atoms with Crippen LogP contribution in [0.3, 0.4) is 0 Å². The first-order valence-corrected chi connectivity index (χ1v) is 30.9. The van der Waals surface area contributed by atoms with Crippen LogP contribution in [0.1, 0.15) is 175 Å². The van der Waals surface area contributed by atoms with Gasteiger partial charge in [0.25, 0.3) is 11.4 Å². The molecule has 1 aliphatic carbocycles. The molecule has 96 heavy (non-hydrogen) atoms. The van der Waals surface area contributed by atoms with Crippen LogP contribution >= 0.6 is 0 Å². The molecule has 0 saturated carbocycles. The van der Waals surface area contributed by atoms with Crippen LogP contribution in [0, 0.1) is 40.5 Å². The van der Waals surface area contributed by atoms with Crippen molar-refractivity contribution < 1.29 is 87.0 Å². The molecule has 2 N–H and O–H groups in total. The number of rotatable bonds is 22. The van der Waals surface area contributed by atoms with Gasteiger partial charge in [-0.3, -0.25) is 40.5 Å². The van der Waals surface area contributed by atoms with Gasteiger partial charge in [-0.05, 0) is 102 Å². The normalized spacial score (nSPS) is 12.4.